The summed E-state index contributed by atoms with van der Waals surface area (Å²) in [6, 6.07) is 14.0. The summed E-state index contributed by atoms with van der Waals surface area (Å²) in [7, 11) is 0. The van der Waals surface area contributed by atoms with Crippen LogP contribution in [0, 0.1) is 0 Å². The lowest BCUT2D eigenvalue weighted by molar-refractivity contribution is -0.115. The molecule has 2 aromatic carbocycles. The lowest BCUT2D eigenvalue weighted by atomic mass is 10.0. The zero-order valence-corrected chi connectivity index (χ0v) is 15.8. The average molecular weight is 403 g/mol. The number of anilines is 2. The third kappa shape index (κ3) is 6.18. The number of aryl methyl sites for hydroxylation is 1. The summed E-state index contributed by atoms with van der Waals surface area (Å²) < 4.78 is 57.0. The van der Waals surface area contributed by atoms with Crippen LogP contribution in [0.1, 0.15) is 51.7 Å². The van der Waals surface area contributed by atoms with Crippen molar-refractivity contribution in [3.63, 3.8) is 0 Å². The van der Waals surface area contributed by atoms with Crippen LogP contribution in [-0.2, 0) is 17.5 Å². The largest absolute Gasteiger partial charge is 0.388 e. The first-order chi connectivity index (χ1) is 16.2. The average Bonchev–Trinajstić information content (AvgIpc) is 3.17. The van der Waals surface area contributed by atoms with Crippen LogP contribution in [0.15, 0.2) is 60.0 Å². The molecule has 6 heteroatoms. The Labute approximate surface area is 179 Å². The van der Waals surface area contributed by atoms with Gasteiger partial charge in [-0.15, -0.1) is 11.3 Å². The van der Waals surface area contributed by atoms with Gasteiger partial charge in [0.25, 0.3) is 0 Å². The molecule has 0 radical (unpaired) electrons. The highest BCUT2D eigenvalue weighted by Crippen LogP contribution is 2.20. The van der Waals surface area contributed by atoms with Crippen LogP contribution in [0.25, 0.3) is 0 Å². The minimum atomic E-state index is -2.59. The lowest BCUT2D eigenvalue weighted by Gasteiger charge is -2.10. The fourth-order valence-electron chi connectivity index (χ4n) is 2.42. The summed E-state index contributed by atoms with van der Waals surface area (Å²) in [5.74, 6) is -1.05. The molecule has 0 saturated heterocycles. The molecular weight excluding hydrogens is 370 g/mol. The molecule has 3 rings (SSSR count). The molecule has 28 heavy (non-hydrogen) atoms. The number of thiazole rings is 1. The minimum absolute atomic E-state index is 0.0195. The van der Waals surface area contributed by atoms with Crippen molar-refractivity contribution in [1.29, 1.82) is 0 Å². The number of hydrogen-bond donors (Lipinski definition) is 3. The maximum absolute atomic E-state index is 12.5. The van der Waals surface area contributed by atoms with Crippen LogP contribution in [0.5, 0.6) is 0 Å². The molecule has 0 bridgehead atoms. The molecule has 5 nitrogen and oxygen atoms in total. The molecule has 1 amide bonds. The van der Waals surface area contributed by atoms with E-state index in [1.54, 1.807) is 30.3 Å². The number of aliphatic hydroxyl groups excluding tert-OH is 1. The monoisotopic (exact) mass is 402 g/mol. The highest BCUT2D eigenvalue weighted by atomic mass is 32.1. The summed E-state index contributed by atoms with van der Waals surface area (Å²) in [4.78, 5) is 16.2. The first-order valence-electron chi connectivity index (χ1n) is 12.1. The van der Waals surface area contributed by atoms with E-state index in [1.807, 2.05) is 0 Å². The van der Waals surface area contributed by atoms with Crippen LogP contribution >= 0.6 is 11.3 Å². The number of amides is 1. The van der Waals surface area contributed by atoms with E-state index in [2.05, 4.69) is 10.3 Å². The van der Waals surface area contributed by atoms with Crippen LogP contribution in [-0.4, -0.2) is 16.0 Å². The van der Waals surface area contributed by atoms with Gasteiger partial charge in [-0.1, -0.05) is 48.9 Å². The maximum atomic E-state index is 12.5. The molecule has 0 spiro atoms. The summed E-state index contributed by atoms with van der Waals surface area (Å²) in [6.07, 6.45) is -8.40. The van der Waals surface area contributed by atoms with Crippen molar-refractivity contribution in [1.82, 2.24) is 4.98 Å². The molecular formula is C22H25N3O2S. The number of nitrogens with zero attached hydrogens (tertiary/aromatic N) is 1. The Bertz CT molecular complexity index is 1170. The molecule has 0 saturated carbocycles. The molecule has 4 N–H and O–H groups in total. The molecule has 0 fully saturated rings. The summed E-state index contributed by atoms with van der Waals surface area (Å²) in [6.45, 7) is 0. The molecule has 0 aliphatic rings. The number of nitrogens with two attached hydrogens (primary N) is 1. The highest BCUT2D eigenvalue weighted by Gasteiger charge is 2.08. The number of benzene rings is 2. The van der Waals surface area contributed by atoms with Crippen molar-refractivity contribution in [3.8, 4) is 0 Å². The Hall–Kier alpha value is -2.70. The fourth-order valence-corrected chi connectivity index (χ4v) is 2.85. The Balaban J connectivity index is 1.66. The fraction of sp³-hybridized carbons (Fsp3) is 0.273. The molecule has 1 heterocycles. The Morgan fingerprint density at radius 2 is 1.96 bits per heavy atom. The second-order valence-corrected chi connectivity index (χ2v) is 6.68. The third-order valence-electron chi connectivity index (χ3n) is 3.76. The second-order valence-electron chi connectivity index (χ2n) is 5.85. The van der Waals surface area contributed by atoms with Crippen LogP contribution in [0.2, 0.25) is 0 Å². The summed E-state index contributed by atoms with van der Waals surface area (Å²) >= 11 is 0.760. The first kappa shape index (κ1) is 12.7. The SMILES string of the molecule is [2H]c1sc(N)nc1C([2H])([2H])C(=O)Nc1ccc(C([2H])([2H])CCC([2H])([2H])[C@H](O)c2ccccc2)cc1. The van der Waals surface area contributed by atoms with E-state index in [-0.39, 0.29) is 40.3 Å². The number of rotatable bonds is 9. The maximum Gasteiger partial charge on any atom is 0.230 e. The zero-order chi connectivity index (χ0) is 26.0. The van der Waals surface area contributed by atoms with E-state index in [1.165, 1.54) is 24.3 Å². The Morgan fingerprint density at radius 1 is 1.21 bits per heavy atom. The zero-order valence-electron chi connectivity index (χ0n) is 22.0. The normalized spacial score (nSPS) is 17.1. The molecule has 1 atom stereocenters. The molecule has 146 valence electrons. The van der Waals surface area contributed by atoms with Gasteiger partial charge in [0.15, 0.2) is 5.13 Å². The van der Waals surface area contributed by atoms with Gasteiger partial charge in [0, 0.05) is 19.3 Å². The lowest BCUT2D eigenvalue weighted by Crippen LogP contribution is -2.14. The van der Waals surface area contributed by atoms with Crippen molar-refractivity contribution in [2.75, 3.05) is 11.1 Å². The van der Waals surface area contributed by atoms with Crippen LogP contribution in [0.3, 0.4) is 0 Å². The standard InChI is InChI=1S/C22H25N3O2S/c23-22-25-19(15-28-22)14-21(27)24-18-12-10-16(11-13-18)6-4-5-9-20(26)17-7-2-1-3-8-17/h1-3,7-8,10-13,15,20,26H,4-6,9,14H2,(H2,23,25)(H,24,27)/t20-/m0/s1/i6D2,9D2,14D2,15D. The third-order valence-corrected chi connectivity index (χ3v) is 4.35. The Morgan fingerprint density at radius 3 is 2.64 bits per heavy atom. The van der Waals surface area contributed by atoms with Crippen molar-refractivity contribution in [3.05, 3.63) is 76.8 Å². The van der Waals surface area contributed by atoms with Gasteiger partial charge < -0.3 is 16.2 Å². The smallest absolute Gasteiger partial charge is 0.230 e. The molecule has 0 unspecified atom stereocenters. The second kappa shape index (κ2) is 10.0. The number of carbonyl (C=O) groups is 1. The van der Waals surface area contributed by atoms with Gasteiger partial charge in [-0.3, -0.25) is 4.79 Å². The summed E-state index contributed by atoms with van der Waals surface area (Å²) in [5.41, 5.74) is 5.99. The van der Waals surface area contributed by atoms with Gasteiger partial charge in [-0.05, 0) is 42.4 Å². The summed E-state index contributed by atoms with van der Waals surface area (Å²) in [5, 5.41) is 12.5. The van der Waals surface area contributed by atoms with E-state index >= 15 is 0 Å². The number of hydrogen-bond acceptors (Lipinski definition) is 5. The number of nitrogen functional groups attached to an aromatic ring is 1. The molecule has 1 aromatic heterocycles. The van der Waals surface area contributed by atoms with Crippen LogP contribution in [0.4, 0.5) is 10.8 Å². The van der Waals surface area contributed by atoms with Crippen molar-refractivity contribution >= 4 is 28.1 Å². The van der Waals surface area contributed by atoms with E-state index in [9.17, 15) is 9.90 Å². The van der Waals surface area contributed by atoms with Gasteiger partial charge in [-0.2, -0.15) is 0 Å². The topological polar surface area (TPSA) is 88.2 Å². The van der Waals surface area contributed by atoms with Crippen molar-refractivity contribution < 1.29 is 19.5 Å². The van der Waals surface area contributed by atoms with Crippen molar-refractivity contribution in [2.24, 2.45) is 0 Å². The van der Waals surface area contributed by atoms with E-state index in [4.69, 9.17) is 15.3 Å². The van der Waals surface area contributed by atoms with Gasteiger partial charge in [0.2, 0.25) is 5.91 Å². The number of carbonyl (C=O) groups excluding carboxylic acids is 1. The first-order valence-corrected chi connectivity index (χ1v) is 9.44. The van der Waals surface area contributed by atoms with Gasteiger partial charge in [0.05, 0.1) is 19.5 Å². The predicted molar refractivity (Wildman–Crippen MR) is 114 cm³/mol. The van der Waals surface area contributed by atoms with Gasteiger partial charge in [-0.25, -0.2) is 4.98 Å². The van der Waals surface area contributed by atoms with Gasteiger partial charge >= 0.3 is 0 Å². The predicted octanol–water partition coefficient (Wildman–Crippen LogP) is 4.35. The molecule has 0 aliphatic carbocycles. The van der Waals surface area contributed by atoms with Crippen LogP contribution < -0.4 is 11.1 Å². The molecule has 3 aromatic rings. The minimum Gasteiger partial charge on any atom is -0.388 e. The van der Waals surface area contributed by atoms with Crippen molar-refractivity contribution in [2.45, 2.75) is 38.1 Å². The number of aliphatic hydroxyl groups is 1. The highest BCUT2D eigenvalue weighted by molar-refractivity contribution is 7.13. The van der Waals surface area contributed by atoms with Gasteiger partial charge in [0.1, 0.15) is 0 Å². The molecule has 0 aliphatic heterocycles. The quantitative estimate of drug-likeness (QED) is 0.496. The number of nitrogens with one attached hydrogen (secondary N) is 1. The Kier molecular flexibility index (Phi) is 4.54. The van der Waals surface area contributed by atoms with E-state index < -0.39 is 31.1 Å². The van der Waals surface area contributed by atoms with E-state index in [0.29, 0.717) is 5.56 Å². The van der Waals surface area contributed by atoms with E-state index in [0.717, 1.165) is 11.3 Å². The number of aromatic nitrogens is 1.